The normalized spacial score (nSPS) is 19.2. The van der Waals surface area contributed by atoms with Crippen molar-refractivity contribution in [1.82, 2.24) is 24.5 Å². The molecule has 106 valence electrons. The molecule has 6 heteroatoms. The number of amides is 1. The van der Waals surface area contributed by atoms with Crippen molar-refractivity contribution in [2.45, 2.75) is 31.8 Å². The molecule has 1 saturated heterocycles. The van der Waals surface area contributed by atoms with E-state index in [0.717, 1.165) is 25.9 Å². The summed E-state index contributed by atoms with van der Waals surface area (Å²) in [5, 5.41) is 8.33. The van der Waals surface area contributed by atoms with Gasteiger partial charge >= 0.3 is 0 Å². The minimum atomic E-state index is 0.0787. The number of carbonyl (C=O) groups is 1. The molecule has 2 aromatic rings. The number of nitrogens with zero attached hydrogens (tertiary/aromatic N) is 5. The minimum Gasteiger partial charge on any atom is -0.334 e. The van der Waals surface area contributed by atoms with Crippen LogP contribution in [0.5, 0.6) is 0 Å². The van der Waals surface area contributed by atoms with Gasteiger partial charge in [-0.25, -0.2) is 0 Å². The Morgan fingerprint density at radius 2 is 2.30 bits per heavy atom. The third kappa shape index (κ3) is 2.59. The Hall–Kier alpha value is -2.11. The molecular formula is C14H19N5O. The first-order valence-corrected chi connectivity index (χ1v) is 7.01. The van der Waals surface area contributed by atoms with Gasteiger partial charge in [0.05, 0.1) is 24.3 Å². The topological polar surface area (TPSA) is 56.0 Å². The molecule has 1 fully saturated rings. The van der Waals surface area contributed by atoms with Crippen molar-refractivity contribution in [3.63, 3.8) is 0 Å². The van der Waals surface area contributed by atoms with Crippen molar-refractivity contribution >= 4 is 5.91 Å². The summed E-state index contributed by atoms with van der Waals surface area (Å²) in [7, 11) is 1.83. The molecule has 6 nitrogen and oxygen atoms in total. The van der Waals surface area contributed by atoms with Gasteiger partial charge < -0.3 is 4.90 Å². The maximum Gasteiger partial charge on any atom is 0.257 e. The highest BCUT2D eigenvalue weighted by atomic mass is 16.2. The van der Waals surface area contributed by atoms with E-state index in [2.05, 4.69) is 10.2 Å². The quantitative estimate of drug-likeness (QED) is 0.847. The highest BCUT2D eigenvalue weighted by molar-refractivity contribution is 5.94. The van der Waals surface area contributed by atoms with E-state index in [-0.39, 0.29) is 11.9 Å². The first-order chi connectivity index (χ1) is 9.74. The van der Waals surface area contributed by atoms with Gasteiger partial charge in [0.25, 0.3) is 5.91 Å². The fraction of sp³-hybridized carbons (Fsp3) is 0.500. The molecule has 0 radical (unpaired) electrons. The third-order valence-corrected chi connectivity index (χ3v) is 3.80. The van der Waals surface area contributed by atoms with E-state index in [4.69, 9.17) is 0 Å². The van der Waals surface area contributed by atoms with Crippen LogP contribution < -0.4 is 0 Å². The standard InChI is InChI=1S/C14H19N5O/c1-17-10-12(9-16-17)14(20)19-8-3-2-5-13(19)11-18-7-4-6-15-18/h4,6-7,9-10,13H,2-3,5,8,11H2,1H3. The van der Waals surface area contributed by atoms with Crippen LogP contribution in [0.2, 0.25) is 0 Å². The van der Waals surface area contributed by atoms with Gasteiger partial charge in [-0.15, -0.1) is 0 Å². The van der Waals surface area contributed by atoms with E-state index in [0.29, 0.717) is 5.56 Å². The molecule has 0 aliphatic carbocycles. The summed E-state index contributed by atoms with van der Waals surface area (Å²) in [5.74, 6) is 0.0787. The fourth-order valence-corrected chi connectivity index (χ4v) is 2.78. The summed E-state index contributed by atoms with van der Waals surface area (Å²) in [6, 6.07) is 2.13. The average molecular weight is 273 g/mol. The monoisotopic (exact) mass is 273 g/mol. The molecular weight excluding hydrogens is 254 g/mol. The van der Waals surface area contributed by atoms with Gasteiger partial charge in [0, 0.05) is 32.2 Å². The van der Waals surface area contributed by atoms with Gasteiger partial charge in [0.1, 0.15) is 0 Å². The van der Waals surface area contributed by atoms with E-state index < -0.39 is 0 Å². The Kier molecular flexibility index (Phi) is 3.54. The lowest BCUT2D eigenvalue weighted by molar-refractivity contribution is 0.0584. The molecule has 1 atom stereocenters. The predicted molar refractivity (Wildman–Crippen MR) is 74.1 cm³/mol. The smallest absolute Gasteiger partial charge is 0.257 e. The zero-order chi connectivity index (χ0) is 13.9. The van der Waals surface area contributed by atoms with Crippen LogP contribution in [0, 0.1) is 0 Å². The summed E-state index contributed by atoms with van der Waals surface area (Å²) in [6.45, 7) is 1.58. The average Bonchev–Trinajstić information content (AvgIpc) is 3.10. The lowest BCUT2D eigenvalue weighted by atomic mass is 10.0. The van der Waals surface area contributed by atoms with Crippen LogP contribution in [0.4, 0.5) is 0 Å². The number of rotatable bonds is 3. The van der Waals surface area contributed by atoms with Crippen molar-refractivity contribution in [2.75, 3.05) is 6.54 Å². The second-order valence-electron chi connectivity index (χ2n) is 5.28. The van der Waals surface area contributed by atoms with Crippen LogP contribution in [0.25, 0.3) is 0 Å². The molecule has 0 spiro atoms. The summed E-state index contributed by atoms with van der Waals surface area (Å²) in [6.07, 6.45) is 10.4. The molecule has 2 aromatic heterocycles. The van der Waals surface area contributed by atoms with Crippen LogP contribution in [-0.2, 0) is 13.6 Å². The Bertz CT molecular complexity index is 574. The third-order valence-electron chi connectivity index (χ3n) is 3.80. The van der Waals surface area contributed by atoms with Gasteiger partial charge in [-0.05, 0) is 25.3 Å². The maximum atomic E-state index is 12.6. The molecule has 0 aromatic carbocycles. The Morgan fingerprint density at radius 1 is 1.40 bits per heavy atom. The van der Waals surface area contributed by atoms with Crippen molar-refractivity contribution in [1.29, 1.82) is 0 Å². The van der Waals surface area contributed by atoms with Gasteiger partial charge in [-0.3, -0.25) is 14.2 Å². The lowest BCUT2D eigenvalue weighted by Crippen LogP contribution is -2.45. The molecule has 1 unspecified atom stereocenters. The SMILES string of the molecule is Cn1cc(C(=O)N2CCCCC2Cn2cccn2)cn1. The number of hydrogen-bond acceptors (Lipinski definition) is 3. The van der Waals surface area contributed by atoms with Crippen LogP contribution in [0.3, 0.4) is 0 Å². The lowest BCUT2D eigenvalue weighted by Gasteiger charge is -2.35. The number of carbonyl (C=O) groups excluding carboxylic acids is 1. The Labute approximate surface area is 118 Å². The van der Waals surface area contributed by atoms with Gasteiger partial charge in [-0.2, -0.15) is 10.2 Å². The first-order valence-electron chi connectivity index (χ1n) is 7.01. The van der Waals surface area contributed by atoms with Gasteiger partial charge in [-0.1, -0.05) is 0 Å². The first kappa shape index (κ1) is 12.9. The zero-order valence-corrected chi connectivity index (χ0v) is 11.6. The van der Waals surface area contributed by atoms with Crippen LogP contribution >= 0.6 is 0 Å². The van der Waals surface area contributed by atoms with Crippen LogP contribution in [-0.4, -0.2) is 43.0 Å². The summed E-state index contributed by atoms with van der Waals surface area (Å²) in [4.78, 5) is 14.6. The molecule has 20 heavy (non-hydrogen) atoms. The summed E-state index contributed by atoms with van der Waals surface area (Å²) < 4.78 is 3.57. The number of aromatic nitrogens is 4. The number of piperidine rings is 1. The van der Waals surface area contributed by atoms with E-state index in [1.165, 1.54) is 6.42 Å². The molecule has 0 N–H and O–H groups in total. The molecule has 1 aliphatic rings. The van der Waals surface area contributed by atoms with Crippen molar-refractivity contribution in [3.05, 3.63) is 36.4 Å². The minimum absolute atomic E-state index is 0.0787. The fourth-order valence-electron chi connectivity index (χ4n) is 2.78. The second-order valence-corrected chi connectivity index (χ2v) is 5.28. The largest absolute Gasteiger partial charge is 0.334 e. The maximum absolute atomic E-state index is 12.6. The summed E-state index contributed by atoms with van der Waals surface area (Å²) in [5.41, 5.74) is 0.667. The van der Waals surface area contributed by atoms with E-state index >= 15 is 0 Å². The number of hydrogen-bond donors (Lipinski definition) is 0. The molecule has 1 aliphatic heterocycles. The molecule has 3 heterocycles. The van der Waals surface area contributed by atoms with Gasteiger partial charge in [0.2, 0.25) is 0 Å². The van der Waals surface area contributed by atoms with Crippen molar-refractivity contribution < 1.29 is 4.79 Å². The molecule has 3 rings (SSSR count). The predicted octanol–water partition coefficient (Wildman–Crippen LogP) is 1.31. The highest BCUT2D eigenvalue weighted by Crippen LogP contribution is 2.20. The molecule has 0 saturated carbocycles. The number of likely N-dealkylation sites (tertiary alicyclic amines) is 1. The highest BCUT2D eigenvalue weighted by Gasteiger charge is 2.28. The van der Waals surface area contributed by atoms with E-state index in [1.807, 2.05) is 28.9 Å². The molecule has 0 bridgehead atoms. The van der Waals surface area contributed by atoms with Crippen LogP contribution in [0.15, 0.2) is 30.9 Å². The molecule has 1 amide bonds. The van der Waals surface area contributed by atoms with Crippen molar-refractivity contribution in [3.8, 4) is 0 Å². The number of aryl methyl sites for hydroxylation is 1. The summed E-state index contributed by atoms with van der Waals surface area (Å²) >= 11 is 0. The Balaban J connectivity index is 1.76. The van der Waals surface area contributed by atoms with E-state index in [9.17, 15) is 4.79 Å². The van der Waals surface area contributed by atoms with E-state index in [1.54, 1.807) is 23.3 Å². The van der Waals surface area contributed by atoms with Crippen LogP contribution in [0.1, 0.15) is 29.6 Å². The van der Waals surface area contributed by atoms with Crippen molar-refractivity contribution in [2.24, 2.45) is 7.05 Å². The second kappa shape index (κ2) is 5.48. The Morgan fingerprint density at radius 3 is 3.00 bits per heavy atom. The van der Waals surface area contributed by atoms with Gasteiger partial charge in [0.15, 0.2) is 0 Å². The zero-order valence-electron chi connectivity index (χ0n) is 11.6.